The van der Waals surface area contributed by atoms with Crippen molar-refractivity contribution in [2.24, 2.45) is 0 Å². The number of nitrogen functional groups attached to an aromatic ring is 2. The van der Waals surface area contributed by atoms with Crippen molar-refractivity contribution in [3.63, 3.8) is 0 Å². The minimum absolute atomic E-state index is 0.130. The molecule has 2 fully saturated rings. The van der Waals surface area contributed by atoms with Crippen molar-refractivity contribution in [1.29, 1.82) is 0 Å². The molecule has 2 aliphatic heterocycles. The van der Waals surface area contributed by atoms with Gasteiger partial charge in [-0.25, -0.2) is 9.97 Å². The summed E-state index contributed by atoms with van der Waals surface area (Å²) in [6.45, 7) is 4.62. The number of rotatable bonds is 4. The standard InChI is InChI=1S/C17H24N8O2/c18-15-12(10-21-16(19)24-15)13-9-14(27-11-1-3-20-4-2-11)23-17(22-13)25-5-7-26-8-6-25/h9-11,20H,1-8H2,(H4,18,19,21,24). The summed E-state index contributed by atoms with van der Waals surface area (Å²) in [4.78, 5) is 19.5. The molecule has 27 heavy (non-hydrogen) atoms. The van der Waals surface area contributed by atoms with Gasteiger partial charge in [0.05, 0.1) is 24.5 Å². The molecule has 10 heteroatoms. The van der Waals surface area contributed by atoms with Crippen LogP contribution in [0.25, 0.3) is 11.3 Å². The van der Waals surface area contributed by atoms with E-state index < -0.39 is 0 Å². The molecule has 2 aromatic rings. The Bertz CT molecular complexity index is 790. The van der Waals surface area contributed by atoms with Gasteiger partial charge >= 0.3 is 0 Å². The molecule has 0 bridgehead atoms. The van der Waals surface area contributed by atoms with Crippen LogP contribution in [0.4, 0.5) is 17.7 Å². The quantitative estimate of drug-likeness (QED) is 0.675. The van der Waals surface area contributed by atoms with E-state index in [1.54, 1.807) is 12.3 Å². The third-order valence-electron chi connectivity index (χ3n) is 4.67. The third-order valence-corrected chi connectivity index (χ3v) is 4.67. The molecule has 5 N–H and O–H groups in total. The Morgan fingerprint density at radius 2 is 1.89 bits per heavy atom. The molecule has 0 radical (unpaired) electrons. The van der Waals surface area contributed by atoms with Crippen LogP contribution in [-0.2, 0) is 4.74 Å². The molecule has 4 rings (SSSR count). The lowest BCUT2D eigenvalue weighted by Gasteiger charge is -2.28. The van der Waals surface area contributed by atoms with Crippen LogP contribution in [0, 0.1) is 0 Å². The highest BCUT2D eigenvalue weighted by Crippen LogP contribution is 2.28. The number of aromatic nitrogens is 4. The van der Waals surface area contributed by atoms with Gasteiger partial charge in [0.1, 0.15) is 11.9 Å². The van der Waals surface area contributed by atoms with E-state index in [0.29, 0.717) is 36.3 Å². The van der Waals surface area contributed by atoms with Crippen molar-refractivity contribution in [2.75, 3.05) is 55.8 Å². The second-order valence-corrected chi connectivity index (χ2v) is 6.59. The maximum absolute atomic E-state index is 6.16. The van der Waals surface area contributed by atoms with E-state index in [-0.39, 0.29) is 17.9 Å². The van der Waals surface area contributed by atoms with Gasteiger partial charge in [-0.15, -0.1) is 0 Å². The fourth-order valence-corrected chi connectivity index (χ4v) is 3.21. The van der Waals surface area contributed by atoms with Crippen molar-refractivity contribution in [2.45, 2.75) is 18.9 Å². The summed E-state index contributed by atoms with van der Waals surface area (Å²) in [5.41, 5.74) is 12.9. The molecular formula is C17H24N8O2. The predicted molar refractivity (Wildman–Crippen MR) is 101 cm³/mol. The molecule has 2 aromatic heterocycles. The van der Waals surface area contributed by atoms with Crippen LogP contribution in [0.3, 0.4) is 0 Å². The normalized spacial score (nSPS) is 18.4. The first-order valence-electron chi connectivity index (χ1n) is 9.16. The predicted octanol–water partition coefficient (Wildman–Crippen LogP) is 0.0654. The lowest BCUT2D eigenvalue weighted by molar-refractivity contribution is 0.121. The Hall–Kier alpha value is -2.72. The van der Waals surface area contributed by atoms with Gasteiger partial charge in [0.25, 0.3) is 0 Å². The second-order valence-electron chi connectivity index (χ2n) is 6.59. The summed E-state index contributed by atoms with van der Waals surface area (Å²) in [6, 6.07) is 1.79. The summed E-state index contributed by atoms with van der Waals surface area (Å²) < 4.78 is 11.6. The monoisotopic (exact) mass is 372 g/mol. The minimum atomic E-state index is 0.130. The van der Waals surface area contributed by atoms with Gasteiger partial charge in [0.15, 0.2) is 0 Å². The molecule has 144 valence electrons. The Kier molecular flexibility index (Phi) is 5.16. The topological polar surface area (TPSA) is 137 Å². The van der Waals surface area contributed by atoms with E-state index in [1.807, 2.05) is 0 Å². The molecule has 10 nitrogen and oxygen atoms in total. The first-order valence-corrected chi connectivity index (χ1v) is 9.16. The Morgan fingerprint density at radius 3 is 2.63 bits per heavy atom. The van der Waals surface area contributed by atoms with Gasteiger partial charge in [-0.05, 0) is 25.9 Å². The molecule has 0 saturated carbocycles. The lowest BCUT2D eigenvalue weighted by Crippen LogP contribution is -2.37. The molecule has 2 aliphatic rings. The van der Waals surface area contributed by atoms with E-state index in [9.17, 15) is 0 Å². The van der Waals surface area contributed by atoms with Crippen LogP contribution in [0.2, 0.25) is 0 Å². The van der Waals surface area contributed by atoms with Crippen LogP contribution >= 0.6 is 0 Å². The molecule has 0 amide bonds. The van der Waals surface area contributed by atoms with E-state index >= 15 is 0 Å². The van der Waals surface area contributed by atoms with Crippen molar-refractivity contribution in [1.82, 2.24) is 25.3 Å². The van der Waals surface area contributed by atoms with Gasteiger partial charge in [0.2, 0.25) is 17.8 Å². The summed E-state index contributed by atoms with van der Waals surface area (Å²) in [7, 11) is 0. The first-order chi connectivity index (χ1) is 13.2. The van der Waals surface area contributed by atoms with E-state index in [2.05, 4.69) is 30.2 Å². The van der Waals surface area contributed by atoms with Gasteiger partial charge in [-0.3, -0.25) is 0 Å². The van der Waals surface area contributed by atoms with Crippen LogP contribution in [0.1, 0.15) is 12.8 Å². The average molecular weight is 372 g/mol. The zero-order chi connectivity index (χ0) is 18.6. The minimum Gasteiger partial charge on any atom is -0.474 e. The van der Waals surface area contributed by atoms with Gasteiger partial charge in [-0.2, -0.15) is 9.97 Å². The largest absolute Gasteiger partial charge is 0.474 e. The maximum atomic E-state index is 6.16. The van der Waals surface area contributed by atoms with Crippen molar-refractivity contribution < 1.29 is 9.47 Å². The number of nitrogens with one attached hydrogen (secondary N) is 1. The summed E-state index contributed by atoms with van der Waals surface area (Å²) >= 11 is 0. The number of hydrogen-bond acceptors (Lipinski definition) is 10. The number of nitrogens with zero attached hydrogens (tertiary/aromatic N) is 5. The molecule has 0 aliphatic carbocycles. The Morgan fingerprint density at radius 1 is 1.11 bits per heavy atom. The zero-order valence-electron chi connectivity index (χ0n) is 15.1. The Balaban J connectivity index is 1.68. The smallest absolute Gasteiger partial charge is 0.229 e. The Labute approximate surface area is 157 Å². The van der Waals surface area contributed by atoms with Crippen LogP contribution in [-0.4, -0.2) is 65.4 Å². The summed E-state index contributed by atoms with van der Waals surface area (Å²) in [6.07, 6.45) is 3.60. The highest BCUT2D eigenvalue weighted by molar-refractivity contribution is 5.72. The fraction of sp³-hybridized carbons (Fsp3) is 0.529. The van der Waals surface area contributed by atoms with Crippen LogP contribution < -0.4 is 26.4 Å². The zero-order valence-corrected chi connectivity index (χ0v) is 15.1. The summed E-state index contributed by atoms with van der Waals surface area (Å²) in [5, 5.41) is 3.33. The highest BCUT2D eigenvalue weighted by atomic mass is 16.5. The fourth-order valence-electron chi connectivity index (χ4n) is 3.21. The van der Waals surface area contributed by atoms with E-state index in [4.69, 9.17) is 20.9 Å². The number of piperidine rings is 1. The van der Waals surface area contributed by atoms with Crippen molar-refractivity contribution in [3.8, 4) is 17.1 Å². The van der Waals surface area contributed by atoms with Gasteiger partial charge in [-0.1, -0.05) is 0 Å². The molecular weight excluding hydrogens is 348 g/mol. The SMILES string of the molecule is Nc1ncc(-c2cc(OC3CCNCC3)nc(N3CCOCC3)n2)c(N)n1. The molecule has 2 saturated heterocycles. The number of hydrogen-bond donors (Lipinski definition) is 3. The number of morpholine rings is 1. The number of nitrogens with two attached hydrogens (primary N) is 2. The first kappa shape index (κ1) is 17.7. The van der Waals surface area contributed by atoms with Crippen LogP contribution in [0.15, 0.2) is 12.3 Å². The third kappa shape index (κ3) is 4.17. The molecule has 0 aromatic carbocycles. The van der Waals surface area contributed by atoms with Crippen LogP contribution in [0.5, 0.6) is 5.88 Å². The van der Waals surface area contributed by atoms with E-state index in [1.165, 1.54) is 0 Å². The summed E-state index contributed by atoms with van der Waals surface area (Å²) in [5.74, 6) is 1.53. The van der Waals surface area contributed by atoms with Crippen molar-refractivity contribution >= 4 is 17.7 Å². The molecule has 4 heterocycles. The lowest BCUT2D eigenvalue weighted by atomic mass is 10.1. The van der Waals surface area contributed by atoms with Crippen molar-refractivity contribution in [3.05, 3.63) is 12.3 Å². The highest BCUT2D eigenvalue weighted by Gasteiger charge is 2.21. The second kappa shape index (κ2) is 7.89. The number of anilines is 3. The number of ether oxygens (including phenoxy) is 2. The molecule has 0 spiro atoms. The maximum Gasteiger partial charge on any atom is 0.229 e. The molecule has 0 atom stereocenters. The van der Waals surface area contributed by atoms with Gasteiger partial charge in [0, 0.05) is 25.4 Å². The van der Waals surface area contributed by atoms with E-state index in [0.717, 1.165) is 39.0 Å². The average Bonchev–Trinajstić information content (AvgIpc) is 2.69. The van der Waals surface area contributed by atoms with Gasteiger partial charge < -0.3 is 31.2 Å². The molecule has 0 unspecified atom stereocenters.